The lowest BCUT2D eigenvalue weighted by molar-refractivity contribution is -0.124. The van der Waals surface area contributed by atoms with Crippen molar-refractivity contribution in [1.29, 1.82) is 0 Å². The molecule has 1 unspecified atom stereocenters. The smallest absolute Gasteiger partial charge is 0.324 e. The van der Waals surface area contributed by atoms with Crippen LogP contribution in [0.5, 0.6) is 11.5 Å². The highest BCUT2D eigenvalue weighted by atomic mass is 127. The largest absolute Gasteiger partial charge is 0.497 e. The van der Waals surface area contributed by atoms with Crippen LogP contribution in [0, 0.1) is 0 Å². The molecule has 0 aromatic heterocycles. The molecule has 0 aliphatic carbocycles. The van der Waals surface area contributed by atoms with Gasteiger partial charge in [-0.25, -0.2) is 4.79 Å². The zero-order valence-corrected chi connectivity index (χ0v) is 20.5. The van der Waals surface area contributed by atoms with Crippen LogP contribution in [0.4, 0.5) is 10.5 Å². The Labute approximate surface area is 199 Å². The number of carbonyl (C=O) groups is 2. The molecule has 2 saturated heterocycles. The molecular weight excluding hydrogens is 515 g/mol. The lowest BCUT2D eigenvalue weighted by Gasteiger charge is -2.21. The predicted octanol–water partition coefficient (Wildman–Crippen LogP) is 1.01. The number of aliphatic imine (C=N–C) groups is 1. The van der Waals surface area contributed by atoms with Gasteiger partial charge in [-0.1, -0.05) is 0 Å². The van der Waals surface area contributed by atoms with E-state index in [0.717, 1.165) is 43.2 Å². The molecule has 0 spiro atoms. The second kappa shape index (κ2) is 11.8. The molecule has 2 fully saturated rings. The number of methoxy groups -OCH3 is 2. The Kier molecular flexibility index (Phi) is 9.46. The lowest BCUT2D eigenvalue weighted by atomic mass is 10.2. The first kappa shape index (κ1) is 24.8. The molecular formula is C20H31IN6O4. The van der Waals surface area contributed by atoms with E-state index in [1.165, 1.54) is 4.90 Å². The Balaban J connectivity index is 0.00000341. The fourth-order valence-electron chi connectivity index (χ4n) is 3.54. The van der Waals surface area contributed by atoms with E-state index < -0.39 is 0 Å². The van der Waals surface area contributed by atoms with E-state index in [9.17, 15) is 9.59 Å². The van der Waals surface area contributed by atoms with E-state index in [-0.39, 0.29) is 55.0 Å². The van der Waals surface area contributed by atoms with Crippen molar-refractivity contribution in [2.75, 3.05) is 58.4 Å². The van der Waals surface area contributed by atoms with Crippen LogP contribution in [0.15, 0.2) is 23.2 Å². The summed E-state index contributed by atoms with van der Waals surface area (Å²) >= 11 is 0. The summed E-state index contributed by atoms with van der Waals surface area (Å²) in [6.45, 7) is 5.10. The molecule has 1 atom stereocenters. The van der Waals surface area contributed by atoms with E-state index in [1.54, 1.807) is 14.2 Å². The summed E-state index contributed by atoms with van der Waals surface area (Å²) < 4.78 is 10.7. The first-order valence-electron chi connectivity index (χ1n) is 10.1. The summed E-state index contributed by atoms with van der Waals surface area (Å²) in [4.78, 5) is 31.3. The fourth-order valence-corrected chi connectivity index (χ4v) is 3.54. The molecule has 2 aliphatic heterocycles. The van der Waals surface area contributed by atoms with Gasteiger partial charge in [0.25, 0.3) is 0 Å². The Bertz CT molecular complexity index is 768. The van der Waals surface area contributed by atoms with Gasteiger partial charge in [0.1, 0.15) is 11.5 Å². The number of amides is 3. The molecule has 3 N–H and O–H groups in total. The number of hydrogen-bond acceptors (Lipinski definition) is 6. The number of hydrogen-bond donors (Lipinski definition) is 3. The number of carbonyl (C=O) groups excluding carboxylic acids is 2. The van der Waals surface area contributed by atoms with Gasteiger partial charge >= 0.3 is 6.03 Å². The van der Waals surface area contributed by atoms with Gasteiger partial charge in [0.2, 0.25) is 5.91 Å². The number of guanidine groups is 1. The number of rotatable bonds is 8. The van der Waals surface area contributed by atoms with Crippen LogP contribution in [0.2, 0.25) is 0 Å². The minimum absolute atomic E-state index is 0. The Morgan fingerprint density at radius 2 is 1.94 bits per heavy atom. The highest BCUT2D eigenvalue weighted by Crippen LogP contribution is 2.30. The number of nitrogens with one attached hydrogen (secondary N) is 3. The van der Waals surface area contributed by atoms with Gasteiger partial charge < -0.3 is 30.3 Å². The van der Waals surface area contributed by atoms with Crippen molar-refractivity contribution >= 4 is 47.6 Å². The summed E-state index contributed by atoms with van der Waals surface area (Å²) in [5, 5.41) is 9.19. The fraction of sp³-hybridized carbons (Fsp3) is 0.550. The number of ether oxygens (including phenoxy) is 2. The summed E-state index contributed by atoms with van der Waals surface area (Å²) in [5.74, 6) is 1.99. The quantitative estimate of drug-likeness (QED) is 0.193. The number of benzene rings is 1. The SMILES string of the molecule is CCNC(=NCCN1C(=O)CNC1=O)NC1CCN(c2cc(OC)cc(OC)c2)C1.I. The number of anilines is 1. The maximum atomic E-state index is 11.7. The zero-order chi connectivity index (χ0) is 21.5. The lowest BCUT2D eigenvalue weighted by Crippen LogP contribution is -2.45. The molecule has 0 saturated carbocycles. The minimum Gasteiger partial charge on any atom is -0.497 e. The summed E-state index contributed by atoms with van der Waals surface area (Å²) in [7, 11) is 3.29. The first-order chi connectivity index (χ1) is 14.5. The molecule has 0 radical (unpaired) electrons. The van der Waals surface area contributed by atoms with E-state index >= 15 is 0 Å². The first-order valence-corrected chi connectivity index (χ1v) is 10.1. The van der Waals surface area contributed by atoms with Crippen LogP contribution in [0.25, 0.3) is 0 Å². The molecule has 2 heterocycles. The van der Waals surface area contributed by atoms with Gasteiger partial charge in [-0.15, -0.1) is 24.0 Å². The van der Waals surface area contributed by atoms with E-state index in [4.69, 9.17) is 9.47 Å². The number of halogens is 1. The average Bonchev–Trinajstić information content (AvgIpc) is 3.35. The maximum Gasteiger partial charge on any atom is 0.324 e. The highest BCUT2D eigenvalue weighted by molar-refractivity contribution is 14.0. The maximum absolute atomic E-state index is 11.7. The molecule has 11 heteroatoms. The van der Waals surface area contributed by atoms with Crippen LogP contribution >= 0.6 is 24.0 Å². The van der Waals surface area contributed by atoms with Crippen molar-refractivity contribution in [2.45, 2.75) is 19.4 Å². The highest BCUT2D eigenvalue weighted by Gasteiger charge is 2.28. The number of imide groups is 1. The third-order valence-electron chi connectivity index (χ3n) is 5.11. The number of nitrogens with zero attached hydrogens (tertiary/aromatic N) is 3. The molecule has 10 nitrogen and oxygen atoms in total. The molecule has 3 amide bonds. The van der Waals surface area contributed by atoms with Crippen LogP contribution in [-0.4, -0.2) is 82.3 Å². The molecule has 0 bridgehead atoms. The van der Waals surface area contributed by atoms with Crippen LogP contribution in [0.3, 0.4) is 0 Å². The van der Waals surface area contributed by atoms with Gasteiger partial charge in [0.05, 0.1) is 33.9 Å². The Morgan fingerprint density at radius 1 is 1.23 bits per heavy atom. The van der Waals surface area contributed by atoms with Crippen molar-refractivity contribution in [3.8, 4) is 11.5 Å². The zero-order valence-electron chi connectivity index (χ0n) is 18.1. The summed E-state index contributed by atoms with van der Waals surface area (Å²) in [5.41, 5.74) is 1.05. The van der Waals surface area contributed by atoms with Crippen molar-refractivity contribution in [3.63, 3.8) is 0 Å². The van der Waals surface area contributed by atoms with Crippen molar-refractivity contribution in [1.82, 2.24) is 20.9 Å². The molecule has 2 aliphatic rings. The topological polar surface area (TPSA) is 108 Å². The Morgan fingerprint density at radius 3 is 2.52 bits per heavy atom. The van der Waals surface area contributed by atoms with Crippen LogP contribution < -0.4 is 30.3 Å². The third kappa shape index (κ3) is 6.52. The molecule has 1 aromatic rings. The van der Waals surface area contributed by atoms with Gasteiger partial charge in [0.15, 0.2) is 5.96 Å². The van der Waals surface area contributed by atoms with E-state index in [2.05, 4.69) is 25.8 Å². The Hall–Kier alpha value is -2.44. The number of urea groups is 1. The predicted molar refractivity (Wildman–Crippen MR) is 130 cm³/mol. The van der Waals surface area contributed by atoms with Gasteiger partial charge in [-0.2, -0.15) is 0 Å². The van der Waals surface area contributed by atoms with Gasteiger partial charge in [-0.05, 0) is 13.3 Å². The van der Waals surface area contributed by atoms with E-state index in [1.807, 2.05) is 25.1 Å². The van der Waals surface area contributed by atoms with Crippen molar-refractivity contribution in [3.05, 3.63) is 18.2 Å². The molecule has 3 rings (SSSR count). The molecule has 1 aromatic carbocycles. The third-order valence-corrected chi connectivity index (χ3v) is 5.11. The minimum atomic E-state index is -0.353. The van der Waals surface area contributed by atoms with Gasteiger partial charge in [0, 0.05) is 49.6 Å². The second-order valence-corrected chi connectivity index (χ2v) is 7.11. The second-order valence-electron chi connectivity index (χ2n) is 7.11. The van der Waals surface area contributed by atoms with Gasteiger partial charge in [-0.3, -0.25) is 14.7 Å². The summed E-state index contributed by atoms with van der Waals surface area (Å²) in [6.07, 6.45) is 0.955. The van der Waals surface area contributed by atoms with Crippen LogP contribution in [-0.2, 0) is 4.79 Å². The molecule has 172 valence electrons. The monoisotopic (exact) mass is 546 g/mol. The normalized spacial score (nSPS) is 18.5. The van der Waals surface area contributed by atoms with E-state index in [0.29, 0.717) is 12.5 Å². The van der Waals surface area contributed by atoms with Crippen molar-refractivity contribution in [2.24, 2.45) is 4.99 Å². The molecule has 31 heavy (non-hydrogen) atoms. The standard InChI is InChI=1S/C20H30N6O4.HI/c1-4-21-19(22-6-8-26-18(27)12-23-20(26)28)24-14-5-7-25(13-14)15-9-16(29-2)11-17(10-15)30-3;/h9-11,14H,4-8,12-13H2,1-3H3,(H,23,28)(H2,21,22,24);1H. The summed E-state index contributed by atoms with van der Waals surface area (Å²) in [6, 6.07) is 5.73. The van der Waals surface area contributed by atoms with Crippen LogP contribution in [0.1, 0.15) is 13.3 Å². The average molecular weight is 546 g/mol. The van der Waals surface area contributed by atoms with Crippen molar-refractivity contribution < 1.29 is 19.1 Å².